The number of piperazine rings is 1. The Morgan fingerprint density at radius 1 is 0.962 bits per heavy atom. The number of likely N-dealkylation sites (N-methyl/N-ethyl adjacent to an activating group) is 1. The molecule has 2 aromatic rings. The standard InChI is InChI=1S/C21H23N3O2/c1-23-12-14-24(15-13-23)21(26)18-8-5-9-19(16-18)22-20(25)11-10-17-6-3-2-4-7-17/h2-11,16H,12-15H2,1H3,(H,22,25)/b11-10+. The van der Waals surface area contributed by atoms with E-state index in [0.29, 0.717) is 11.3 Å². The summed E-state index contributed by atoms with van der Waals surface area (Å²) in [5, 5.41) is 2.81. The molecule has 0 spiro atoms. The van der Waals surface area contributed by atoms with Crippen LogP contribution in [0.5, 0.6) is 0 Å². The number of rotatable bonds is 4. The van der Waals surface area contributed by atoms with Crippen molar-refractivity contribution >= 4 is 23.6 Å². The minimum atomic E-state index is -0.224. The molecule has 26 heavy (non-hydrogen) atoms. The van der Waals surface area contributed by atoms with Crippen LogP contribution >= 0.6 is 0 Å². The molecule has 0 saturated carbocycles. The third-order valence-corrected chi connectivity index (χ3v) is 4.39. The normalized spacial score (nSPS) is 15.2. The van der Waals surface area contributed by atoms with Gasteiger partial charge < -0.3 is 15.1 Å². The number of anilines is 1. The van der Waals surface area contributed by atoms with E-state index in [0.717, 1.165) is 31.7 Å². The molecular weight excluding hydrogens is 326 g/mol. The highest BCUT2D eigenvalue weighted by Crippen LogP contribution is 2.14. The molecule has 2 aromatic carbocycles. The maximum absolute atomic E-state index is 12.6. The smallest absolute Gasteiger partial charge is 0.254 e. The summed E-state index contributed by atoms with van der Waals surface area (Å²) in [6.07, 6.45) is 3.25. The molecule has 134 valence electrons. The summed E-state index contributed by atoms with van der Waals surface area (Å²) in [5.74, 6) is -0.216. The Kier molecular flexibility index (Phi) is 5.81. The Morgan fingerprint density at radius 3 is 2.42 bits per heavy atom. The van der Waals surface area contributed by atoms with Gasteiger partial charge in [0.2, 0.25) is 5.91 Å². The van der Waals surface area contributed by atoms with E-state index < -0.39 is 0 Å². The molecule has 0 bridgehead atoms. The van der Waals surface area contributed by atoms with Crippen LogP contribution in [0.4, 0.5) is 5.69 Å². The number of carbonyl (C=O) groups is 2. The van der Waals surface area contributed by atoms with Crippen molar-refractivity contribution in [1.29, 1.82) is 0 Å². The highest BCUT2D eigenvalue weighted by Gasteiger charge is 2.20. The van der Waals surface area contributed by atoms with Crippen molar-refractivity contribution in [3.8, 4) is 0 Å². The summed E-state index contributed by atoms with van der Waals surface area (Å²) < 4.78 is 0. The van der Waals surface area contributed by atoms with Gasteiger partial charge in [0, 0.05) is 43.5 Å². The number of amides is 2. The number of hydrogen-bond donors (Lipinski definition) is 1. The Bertz CT molecular complexity index is 794. The molecule has 0 aromatic heterocycles. The molecule has 1 fully saturated rings. The summed E-state index contributed by atoms with van der Waals surface area (Å²) in [4.78, 5) is 28.8. The quantitative estimate of drug-likeness (QED) is 0.864. The molecule has 1 heterocycles. The molecule has 3 rings (SSSR count). The van der Waals surface area contributed by atoms with E-state index >= 15 is 0 Å². The highest BCUT2D eigenvalue weighted by atomic mass is 16.2. The van der Waals surface area contributed by atoms with Gasteiger partial charge in [0.05, 0.1) is 0 Å². The van der Waals surface area contributed by atoms with Gasteiger partial charge in [0.1, 0.15) is 0 Å². The van der Waals surface area contributed by atoms with Gasteiger partial charge in [-0.15, -0.1) is 0 Å². The van der Waals surface area contributed by atoms with Crippen LogP contribution in [0.3, 0.4) is 0 Å². The van der Waals surface area contributed by atoms with Crippen LogP contribution in [-0.2, 0) is 4.79 Å². The first kappa shape index (κ1) is 17.9. The molecular formula is C21H23N3O2. The monoisotopic (exact) mass is 349 g/mol. The fourth-order valence-electron chi connectivity index (χ4n) is 2.84. The van der Waals surface area contributed by atoms with Crippen LogP contribution in [-0.4, -0.2) is 54.8 Å². The lowest BCUT2D eigenvalue weighted by molar-refractivity contribution is -0.111. The van der Waals surface area contributed by atoms with Gasteiger partial charge in [-0.2, -0.15) is 0 Å². The largest absolute Gasteiger partial charge is 0.336 e. The van der Waals surface area contributed by atoms with Crippen molar-refractivity contribution in [2.75, 3.05) is 38.5 Å². The summed E-state index contributed by atoms with van der Waals surface area (Å²) in [5.41, 5.74) is 2.17. The van der Waals surface area contributed by atoms with Crippen molar-refractivity contribution in [2.45, 2.75) is 0 Å². The van der Waals surface area contributed by atoms with E-state index in [2.05, 4.69) is 17.3 Å². The second kappa shape index (κ2) is 8.45. The van der Waals surface area contributed by atoms with E-state index in [1.807, 2.05) is 35.2 Å². The zero-order valence-electron chi connectivity index (χ0n) is 14.9. The summed E-state index contributed by atoms with van der Waals surface area (Å²) >= 11 is 0. The van der Waals surface area contributed by atoms with E-state index in [1.54, 1.807) is 30.3 Å². The van der Waals surface area contributed by atoms with E-state index in [-0.39, 0.29) is 11.8 Å². The number of nitrogens with zero attached hydrogens (tertiary/aromatic N) is 2. The average Bonchev–Trinajstić information content (AvgIpc) is 2.67. The van der Waals surface area contributed by atoms with Gasteiger partial charge in [-0.3, -0.25) is 9.59 Å². The summed E-state index contributed by atoms with van der Waals surface area (Å²) in [7, 11) is 2.06. The average molecular weight is 349 g/mol. The number of carbonyl (C=O) groups excluding carboxylic acids is 2. The van der Waals surface area contributed by atoms with E-state index in [1.165, 1.54) is 6.08 Å². The third-order valence-electron chi connectivity index (χ3n) is 4.39. The molecule has 1 aliphatic heterocycles. The molecule has 1 N–H and O–H groups in total. The van der Waals surface area contributed by atoms with Gasteiger partial charge in [-0.1, -0.05) is 36.4 Å². The maximum Gasteiger partial charge on any atom is 0.254 e. The molecule has 0 radical (unpaired) electrons. The maximum atomic E-state index is 12.6. The van der Waals surface area contributed by atoms with Crippen LogP contribution < -0.4 is 5.32 Å². The summed E-state index contributed by atoms with van der Waals surface area (Å²) in [6, 6.07) is 16.7. The van der Waals surface area contributed by atoms with Gasteiger partial charge in [-0.25, -0.2) is 0 Å². The van der Waals surface area contributed by atoms with Crippen molar-refractivity contribution in [3.05, 3.63) is 71.8 Å². The third kappa shape index (κ3) is 4.80. The Hall–Kier alpha value is -2.92. The van der Waals surface area contributed by atoms with E-state index in [4.69, 9.17) is 0 Å². The Morgan fingerprint density at radius 2 is 1.69 bits per heavy atom. The van der Waals surface area contributed by atoms with Crippen molar-refractivity contribution in [2.24, 2.45) is 0 Å². The first-order valence-electron chi connectivity index (χ1n) is 8.74. The van der Waals surface area contributed by atoms with E-state index in [9.17, 15) is 9.59 Å². The minimum Gasteiger partial charge on any atom is -0.336 e. The van der Waals surface area contributed by atoms with Gasteiger partial charge in [0.15, 0.2) is 0 Å². The van der Waals surface area contributed by atoms with Crippen LogP contribution in [0, 0.1) is 0 Å². The number of benzene rings is 2. The second-order valence-electron chi connectivity index (χ2n) is 6.41. The molecule has 0 unspecified atom stereocenters. The molecule has 0 atom stereocenters. The van der Waals surface area contributed by atoms with Crippen LogP contribution in [0.1, 0.15) is 15.9 Å². The first-order chi connectivity index (χ1) is 12.6. The topological polar surface area (TPSA) is 52.6 Å². The predicted octanol–water partition coefficient (Wildman–Crippen LogP) is 2.73. The molecule has 1 aliphatic rings. The number of nitrogens with one attached hydrogen (secondary N) is 1. The zero-order valence-corrected chi connectivity index (χ0v) is 14.9. The summed E-state index contributed by atoms with van der Waals surface area (Å²) in [6.45, 7) is 3.22. The van der Waals surface area contributed by atoms with Gasteiger partial charge in [-0.05, 0) is 36.9 Å². The predicted molar refractivity (Wildman–Crippen MR) is 104 cm³/mol. The fraction of sp³-hybridized carbons (Fsp3) is 0.238. The SMILES string of the molecule is CN1CCN(C(=O)c2cccc(NC(=O)/C=C/c3ccccc3)c2)CC1. The molecule has 5 heteroatoms. The molecule has 5 nitrogen and oxygen atoms in total. The Labute approximate surface area is 153 Å². The lowest BCUT2D eigenvalue weighted by atomic mass is 10.1. The first-order valence-corrected chi connectivity index (χ1v) is 8.74. The minimum absolute atomic E-state index is 0.00836. The van der Waals surface area contributed by atoms with Crippen LogP contribution in [0.15, 0.2) is 60.7 Å². The van der Waals surface area contributed by atoms with Crippen LogP contribution in [0.2, 0.25) is 0 Å². The lowest BCUT2D eigenvalue weighted by Crippen LogP contribution is -2.47. The van der Waals surface area contributed by atoms with Crippen molar-refractivity contribution in [3.63, 3.8) is 0 Å². The molecule has 2 amide bonds. The zero-order chi connectivity index (χ0) is 18.4. The van der Waals surface area contributed by atoms with Crippen molar-refractivity contribution < 1.29 is 9.59 Å². The lowest BCUT2D eigenvalue weighted by Gasteiger charge is -2.32. The van der Waals surface area contributed by atoms with Crippen LogP contribution in [0.25, 0.3) is 6.08 Å². The second-order valence-corrected chi connectivity index (χ2v) is 6.41. The van der Waals surface area contributed by atoms with Crippen molar-refractivity contribution in [1.82, 2.24) is 9.80 Å². The fourth-order valence-corrected chi connectivity index (χ4v) is 2.84. The van der Waals surface area contributed by atoms with Gasteiger partial charge in [0.25, 0.3) is 5.91 Å². The highest BCUT2D eigenvalue weighted by molar-refractivity contribution is 6.03. The number of hydrogen-bond acceptors (Lipinski definition) is 3. The Balaban J connectivity index is 1.62. The molecule has 1 saturated heterocycles. The van der Waals surface area contributed by atoms with Gasteiger partial charge >= 0.3 is 0 Å². The molecule has 0 aliphatic carbocycles.